The maximum atomic E-state index is 12.0. The van der Waals surface area contributed by atoms with Crippen LogP contribution >= 0.6 is 0 Å². The predicted molar refractivity (Wildman–Crippen MR) is 71.3 cm³/mol. The van der Waals surface area contributed by atoms with Crippen molar-refractivity contribution in [3.8, 4) is 0 Å². The van der Waals surface area contributed by atoms with E-state index < -0.39 is 10.0 Å². The van der Waals surface area contributed by atoms with Crippen LogP contribution < -0.4 is 0 Å². The van der Waals surface area contributed by atoms with Gasteiger partial charge in [-0.3, -0.25) is 0 Å². The molecular formula is C12H20N4O2S. The van der Waals surface area contributed by atoms with Gasteiger partial charge in [-0.15, -0.1) is 10.2 Å². The highest BCUT2D eigenvalue weighted by molar-refractivity contribution is 7.89. The van der Waals surface area contributed by atoms with E-state index in [-0.39, 0.29) is 11.7 Å². The van der Waals surface area contributed by atoms with Crippen LogP contribution in [0.5, 0.6) is 0 Å². The van der Waals surface area contributed by atoms with Gasteiger partial charge in [0, 0.05) is 25.0 Å². The van der Waals surface area contributed by atoms with Gasteiger partial charge in [0.05, 0.1) is 5.75 Å². The van der Waals surface area contributed by atoms with E-state index in [0.29, 0.717) is 19.1 Å². The fourth-order valence-electron chi connectivity index (χ4n) is 2.77. The Labute approximate surface area is 113 Å². The molecule has 106 valence electrons. The third-order valence-electron chi connectivity index (χ3n) is 4.05. The Balaban J connectivity index is 1.79. The molecule has 0 N–H and O–H groups in total. The highest BCUT2D eigenvalue weighted by Crippen LogP contribution is 2.38. The molecule has 0 unspecified atom stereocenters. The summed E-state index contributed by atoms with van der Waals surface area (Å²) in [6.45, 7) is 2.90. The Morgan fingerprint density at radius 3 is 2.84 bits per heavy atom. The molecule has 1 saturated heterocycles. The molecule has 1 aromatic heterocycles. The van der Waals surface area contributed by atoms with Crippen molar-refractivity contribution in [2.24, 2.45) is 0 Å². The summed E-state index contributed by atoms with van der Waals surface area (Å²) in [6, 6.07) is 0.545. The summed E-state index contributed by atoms with van der Waals surface area (Å²) in [6.07, 6.45) is 6.08. The van der Waals surface area contributed by atoms with Crippen molar-refractivity contribution in [2.75, 3.05) is 18.8 Å². The van der Waals surface area contributed by atoms with E-state index in [0.717, 1.165) is 18.7 Å². The van der Waals surface area contributed by atoms with E-state index in [2.05, 4.69) is 14.8 Å². The van der Waals surface area contributed by atoms with E-state index in [1.807, 2.05) is 0 Å². The Morgan fingerprint density at radius 1 is 1.37 bits per heavy atom. The molecule has 1 aliphatic carbocycles. The largest absolute Gasteiger partial charge is 0.314 e. The maximum Gasteiger partial charge on any atom is 0.213 e. The Hall–Kier alpha value is -0.950. The van der Waals surface area contributed by atoms with Crippen LogP contribution in [0.4, 0.5) is 0 Å². The molecule has 7 heteroatoms. The maximum absolute atomic E-state index is 12.0. The summed E-state index contributed by atoms with van der Waals surface area (Å²) in [5, 5.41) is 8.25. The molecule has 2 fully saturated rings. The molecule has 2 aliphatic rings. The first-order valence-corrected chi connectivity index (χ1v) is 8.60. The molecule has 1 aromatic rings. The van der Waals surface area contributed by atoms with Gasteiger partial charge in [-0.1, -0.05) is 0 Å². The SMILES string of the molecule is CCS(=O)(=O)N1CCC[C@H](c2nncn2C2CC2)C1. The van der Waals surface area contributed by atoms with E-state index in [1.165, 1.54) is 12.8 Å². The summed E-state index contributed by atoms with van der Waals surface area (Å²) >= 11 is 0. The van der Waals surface area contributed by atoms with Crippen LogP contribution in [0.1, 0.15) is 50.4 Å². The second-order valence-electron chi connectivity index (χ2n) is 5.43. The van der Waals surface area contributed by atoms with Crippen molar-refractivity contribution in [1.82, 2.24) is 19.1 Å². The average Bonchev–Trinajstić information content (AvgIpc) is 3.16. The first-order valence-electron chi connectivity index (χ1n) is 6.99. The molecule has 0 spiro atoms. The van der Waals surface area contributed by atoms with E-state index >= 15 is 0 Å². The van der Waals surface area contributed by atoms with Crippen LogP contribution in [0.2, 0.25) is 0 Å². The quantitative estimate of drug-likeness (QED) is 0.831. The fraction of sp³-hybridized carbons (Fsp3) is 0.833. The predicted octanol–water partition coefficient (Wildman–Crippen LogP) is 1.14. The number of piperidine rings is 1. The minimum absolute atomic E-state index is 0.176. The van der Waals surface area contributed by atoms with Gasteiger partial charge in [0.25, 0.3) is 0 Å². The van der Waals surface area contributed by atoms with Crippen molar-refractivity contribution in [1.29, 1.82) is 0 Å². The van der Waals surface area contributed by atoms with Crippen LogP contribution in [0.3, 0.4) is 0 Å². The van der Waals surface area contributed by atoms with Crippen LogP contribution in [0.15, 0.2) is 6.33 Å². The monoisotopic (exact) mass is 284 g/mol. The molecule has 6 nitrogen and oxygen atoms in total. The van der Waals surface area contributed by atoms with Gasteiger partial charge in [-0.05, 0) is 32.6 Å². The van der Waals surface area contributed by atoms with Gasteiger partial charge < -0.3 is 4.57 Å². The first-order chi connectivity index (χ1) is 9.12. The van der Waals surface area contributed by atoms with Crippen molar-refractivity contribution in [3.63, 3.8) is 0 Å². The summed E-state index contributed by atoms with van der Waals surface area (Å²) in [4.78, 5) is 0. The number of rotatable bonds is 4. The second-order valence-corrected chi connectivity index (χ2v) is 7.68. The number of sulfonamides is 1. The summed E-state index contributed by atoms with van der Waals surface area (Å²) in [5.74, 6) is 1.34. The van der Waals surface area contributed by atoms with Gasteiger partial charge in [0.2, 0.25) is 10.0 Å². The molecule has 0 bridgehead atoms. The number of hydrogen-bond donors (Lipinski definition) is 0. The lowest BCUT2D eigenvalue weighted by atomic mass is 9.99. The zero-order chi connectivity index (χ0) is 13.5. The Morgan fingerprint density at radius 2 is 2.16 bits per heavy atom. The highest BCUT2D eigenvalue weighted by Gasteiger charge is 2.34. The number of aromatic nitrogens is 3. The molecule has 0 amide bonds. The smallest absolute Gasteiger partial charge is 0.213 e. The standard InChI is InChI=1S/C12H20N4O2S/c1-2-19(17,18)15-7-3-4-10(8-15)12-14-13-9-16(12)11-5-6-11/h9-11H,2-8H2,1H3/t10-/m0/s1. The van der Waals surface area contributed by atoms with E-state index in [4.69, 9.17) is 0 Å². The summed E-state index contributed by atoms with van der Waals surface area (Å²) in [5.41, 5.74) is 0. The number of hydrogen-bond acceptors (Lipinski definition) is 4. The molecule has 3 rings (SSSR count). The summed E-state index contributed by atoms with van der Waals surface area (Å²) in [7, 11) is -3.09. The minimum atomic E-state index is -3.09. The van der Waals surface area contributed by atoms with Crippen LogP contribution in [0.25, 0.3) is 0 Å². The van der Waals surface area contributed by atoms with Crippen LogP contribution in [0, 0.1) is 0 Å². The van der Waals surface area contributed by atoms with Gasteiger partial charge >= 0.3 is 0 Å². The lowest BCUT2D eigenvalue weighted by Crippen LogP contribution is -2.40. The summed E-state index contributed by atoms with van der Waals surface area (Å²) < 4.78 is 27.7. The highest BCUT2D eigenvalue weighted by atomic mass is 32.2. The normalized spacial score (nSPS) is 25.6. The van der Waals surface area contributed by atoms with Crippen LogP contribution in [-0.2, 0) is 10.0 Å². The molecular weight excluding hydrogens is 264 g/mol. The fourth-order valence-corrected chi connectivity index (χ4v) is 3.95. The Bertz CT molecular complexity index is 550. The van der Waals surface area contributed by atoms with Crippen LogP contribution in [-0.4, -0.2) is 46.3 Å². The molecule has 19 heavy (non-hydrogen) atoms. The molecule has 0 radical (unpaired) electrons. The zero-order valence-corrected chi connectivity index (χ0v) is 12.0. The van der Waals surface area contributed by atoms with Gasteiger partial charge in [-0.2, -0.15) is 0 Å². The van der Waals surface area contributed by atoms with Gasteiger partial charge in [0.15, 0.2) is 0 Å². The van der Waals surface area contributed by atoms with Crippen molar-refractivity contribution < 1.29 is 8.42 Å². The van der Waals surface area contributed by atoms with Crippen molar-refractivity contribution in [2.45, 2.75) is 44.6 Å². The second kappa shape index (κ2) is 4.86. The Kier molecular flexibility index (Phi) is 3.34. The van der Waals surface area contributed by atoms with E-state index in [9.17, 15) is 8.42 Å². The lowest BCUT2D eigenvalue weighted by molar-refractivity contribution is 0.305. The van der Waals surface area contributed by atoms with E-state index in [1.54, 1.807) is 17.6 Å². The molecule has 1 saturated carbocycles. The van der Waals surface area contributed by atoms with Gasteiger partial charge in [-0.25, -0.2) is 12.7 Å². The molecule has 1 atom stereocenters. The first kappa shape index (κ1) is 13.1. The van der Waals surface area contributed by atoms with Gasteiger partial charge in [0.1, 0.15) is 12.2 Å². The average molecular weight is 284 g/mol. The molecule has 0 aromatic carbocycles. The number of nitrogens with zero attached hydrogens (tertiary/aromatic N) is 4. The van der Waals surface area contributed by atoms with Crippen molar-refractivity contribution in [3.05, 3.63) is 12.2 Å². The molecule has 1 aliphatic heterocycles. The lowest BCUT2D eigenvalue weighted by Gasteiger charge is -2.31. The topological polar surface area (TPSA) is 68.1 Å². The third kappa shape index (κ3) is 2.53. The van der Waals surface area contributed by atoms with Crippen molar-refractivity contribution >= 4 is 10.0 Å². The zero-order valence-electron chi connectivity index (χ0n) is 11.2. The minimum Gasteiger partial charge on any atom is -0.314 e. The molecule has 2 heterocycles. The third-order valence-corrected chi connectivity index (χ3v) is 5.90.